The molecule has 0 aliphatic carbocycles. The van der Waals surface area contributed by atoms with Crippen molar-refractivity contribution in [3.8, 4) is 5.75 Å². The van der Waals surface area contributed by atoms with E-state index in [2.05, 4.69) is 5.16 Å². The number of aliphatic hydroxyl groups is 1. The predicted octanol–water partition coefficient (Wildman–Crippen LogP) is 2.91. The number of hydrogen-bond acceptors (Lipinski definition) is 4. The van der Waals surface area contributed by atoms with Gasteiger partial charge in [0.15, 0.2) is 5.76 Å². The third-order valence-corrected chi connectivity index (χ3v) is 2.47. The molecule has 1 heterocycles. The van der Waals surface area contributed by atoms with Crippen molar-refractivity contribution in [3.05, 3.63) is 47.3 Å². The normalized spacial score (nSPS) is 12.8. The van der Waals surface area contributed by atoms with Crippen LogP contribution in [-0.4, -0.2) is 23.0 Å². The Hall–Kier alpha value is -2.07. The molecule has 0 fully saturated rings. The van der Waals surface area contributed by atoms with Crippen molar-refractivity contribution in [2.45, 2.75) is 20.0 Å². The van der Waals surface area contributed by atoms with Gasteiger partial charge >= 0.3 is 0 Å². The Morgan fingerprint density at radius 1 is 1.37 bits per heavy atom. The van der Waals surface area contributed by atoms with Crippen LogP contribution in [0.3, 0.4) is 0 Å². The molecular formula is C15H17NO3. The predicted molar refractivity (Wildman–Crippen MR) is 73.8 cm³/mol. The van der Waals surface area contributed by atoms with E-state index in [1.807, 2.05) is 49.4 Å². The summed E-state index contributed by atoms with van der Waals surface area (Å²) < 4.78 is 10.7. The van der Waals surface area contributed by atoms with Crippen molar-refractivity contribution in [2.75, 3.05) is 6.61 Å². The number of aromatic nitrogens is 1. The zero-order valence-electron chi connectivity index (χ0n) is 11.0. The molecule has 0 spiro atoms. The Morgan fingerprint density at radius 3 is 2.84 bits per heavy atom. The third-order valence-electron chi connectivity index (χ3n) is 2.47. The lowest BCUT2D eigenvalue weighted by Crippen LogP contribution is -2.13. The van der Waals surface area contributed by atoms with Crippen LogP contribution in [0.2, 0.25) is 0 Å². The molecule has 2 aromatic rings. The quantitative estimate of drug-likeness (QED) is 0.897. The van der Waals surface area contributed by atoms with Crippen LogP contribution in [-0.2, 0) is 0 Å². The molecule has 1 atom stereocenters. The number of aliphatic hydroxyl groups excluding tert-OH is 1. The molecule has 0 saturated carbocycles. The van der Waals surface area contributed by atoms with Gasteiger partial charge in [-0.05, 0) is 32.1 Å². The van der Waals surface area contributed by atoms with Crippen molar-refractivity contribution in [1.82, 2.24) is 5.16 Å². The van der Waals surface area contributed by atoms with Gasteiger partial charge in [-0.1, -0.05) is 23.4 Å². The lowest BCUT2D eigenvalue weighted by Gasteiger charge is -2.10. The Balaban J connectivity index is 2.13. The molecule has 0 aliphatic rings. The summed E-state index contributed by atoms with van der Waals surface area (Å²) in [6.45, 7) is 3.84. The van der Waals surface area contributed by atoms with Gasteiger partial charge in [-0.15, -0.1) is 0 Å². The van der Waals surface area contributed by atoms with E-state index in [0.717, 1.165) is 17.0 Å². The van der Waals surface area contributed by atoms with Crippen LogP contribution >= 0.6 is 0 Å². The first kappa shape index (κ1) is 13.4. The highest BCUT2D eigenvalue weighted by Gasteiger charge is 2.02. The topological polar surface area (TPSA) is 55.5 Å². The van der Waals surface area contributed by atoms with Gasteiger partial charge in [0.05, 0.1) is 11.8 Å². The Morgan fingerprint density at radius 2 is 2.16 bits per heavy atom. The number of benzene rings is 1. The summed E-state index contributed by atoms with van der Waals surface area (Å²) in [6, 6.07) is 9.49. The van der Waals surface area contributed by atoms with E-state index in [0.29, 0.717) is 5.76 Å². The fourth-order valence-electron chi connectivity index (χ4n) is 1.59. The number of aryl methyl sites for hydroxylation is 1. The maximum Gasteiger partial charge on any atom is 0.159 e. The van der Waals surface area contributed by atoms with Crippen molar-refractivity contribution in [3.63, 3.8) is 0 Å². The average Bonchev–Trinajstić information content (AvgIpc) is 2.80. The number of para-hydroxylation sites is 1. The van der Waals surface area contributed by atoms with Crippen LogP contribution in [0.25, 0.3) is 12.2 Å². The largest absolute Gasteiger partial charge is 0.490 e. The van der Waals surface area contributed by atoms with Gasteiger partial charge in [-0.25, -0.2) is 0 Å². The van der Waals surface area contributed by atoms with Gasteiger partial charge in [0.2, 0.25) is 0 Å². The maximum absolute atomic E-state index is 9.25. The summed E-state index contributed by atoms with van der Waals surface area (Å²) >= 11 is 0. The lowest BCUT2D eigenvalue weighted by molar-refractivity contribution is 0.122. The fourth-order valence-corrected chi connectivity index (χ4v) is 1.59. The molecular weight excluding hydrogens is 242 g/mol. The fraction of sp³-hybridized carbons (Fsp3) is 0.267. The molecule has 1 aromatic carbocycles. The molecule has 0 amide bonds. The monoisotopic (exact) mass is 259 g/mol. The minimum Gasteiger partial charge on any atom is -0.490 e. The highest BCUT2D eigenvalue weighted by molar-refractivity contribution is 5.70. The smallest absolute Gasteiger partial charge is 0.159 e. The molecule has 1 N–H and O–H groups in total. The SMILES string of the molecule is Cc1cc(/C=C/c2ccccc2OCC(C)O)on1. The van der Waals surface area contributed by atoms with Crippen molar-refractivity contribution in [1.29, 1.82) is 0 Å². The highest BCUT2D eigenvalue weighted by atomic mass is 16.5. The summed E-state index contributed by atoms with van der Waals surface area (Å²) in [5.74, 6) is 1.43. The van der Waals surface area contributed by atoms with Gasteiger partial charge in [0.25, 0.3) is 0 Å². The van der Waals surface area contributed by atoms with Crippen LogP contribution in [0.5, 0.6) is 5.75 Å². The van der Waals surface area contributed by atoms with Gasteiger partial charge in [0.1, 0.15) is 12.4 Å². The van der Waals surface area contributed by atoms with Gasteiger partial charge in [-0.3, -0.25) is 0 Å². The van der Waals surface area contributed by atoms with Crippen molar-refractivity contribution < 1.29 is 14.4 Å². The second-order valence-corrected chi connectivity index (χ2v) is 4.40. The summed E-state index contributed by atoms with van der Waals surface area (Å²) in [5, 5.41) is 13.1. The Bertz CT molecular complexity index is 558. The molecule has 4 heteroatoms. The standard InChI is InChI=1S/C15H17NO3/c1-11-9-14(19-16-11)8-7-13-5-3-4-6-15(13)18-10-12(2)17/h3-9,12,17H,10H2,1-2H3/b8-7+. The van der Waals surface area contributed by atoms with Crippen LogP contribution < -0.4 is 4.74 Å². The molecule has 0 aliphatic heterocycles. The molecule has 1 aromatic heterocycles. The van der Waals surface area contributed by atoms with Gasteiger partial charge < -0.3 is 14.4 Å². The Kier molecular flexibility index (Phi) is 4.36. The first-order valence-corrected chi connectivity index (χ1v) is 6.16. The number of hydrogen-bond donors (Lipinski definition) is 1. The average molecular weight is 259 g/mol. The molecule has 0 radical (unpaired) electrons. The minimum atomic E-state index is -0.492. The number of rotatable bonds is 5. The molecule has 0 saturated heterocycles. The summed E-state index contributed by atoms with van der Waals surface area (Å²) in [4.78, 5) is 0. The first-order valence-electron chi connectivity index (χ1n) is 6.16. The molecule has 100 valence electrons. The first-order chi connectivity index (χ1) is 9.15. The molecule has 0 bridgehead atoms. The van der Waals surface area contributed by atoms with E-state index in [-0.39, 0.29) is 6.61 Å². The third kappa shape index (κ3) is 3.96. The number of ether oxygens (including phenoxy) is 1. The second kappa shape index (κ2) is 6.20. The van der Waals surface area contributed by atoms with Crippen LogP contribution in [0.15, 0.2) is 34.9 Å². The van der Waals surface area contributed by atoms with E-state index in [9.17, 15) is 5.11 Å². The second-order valence-electron chi connectivity index (χ2n) is 4.40. The highest BCUT2D eigenvalue weighted by Crippen LogP contribution is 2.21. The summed E-state index contributed by atoms with van der Waals surface area (Å²) in [7, 11) is 0. The summed E-state index contributed by atoms with van der Waals surface area (Å²) in [6.07, 6.45) is 3.25. The molecule has 1 unspecified atom stereocenters. The van der Waals surface area contributed by atoms with Crippen molar-refractivity contribution >= 4 is 12.2 Å². The summed E-state index contributed by atoms with van der Waals surface area (Å²) in [5.41, 5.74) is 1.77. The van der Waals surface area contributed by atoms with Crippen molar-refractivity contribution in [2.24, 2.45) is 0 Å². The van der Waals surface area contributed by atoms with E-state index in [4.69, 9.17) is 9.26 Å². The van der Waals surface area contributed by atoms with Gasteiger partial charge in [0, 0.05) is 11.6 Å². The van der Waals surface area contributed by atoms with E-state index >= 15 is 0 Å². The molecule has 19 heavy (non-hydrogen) atoms. The molecule has 4 nitrogen and oxygen atoms in total. The zero-order chi connectivity index (χ0) is 13.7. The van der Waals surface area contributed by atoms with Gasteiger partial charge in [-0.2, -0.15) is 0 Å². The van der Waals surface area contributed by atoms with E-state index < -0.39 is 6.10 Å². The van der Waals surface area contributed by atoms with Crippen LogP contribution in [0, 0.1) is 6.92 Å². The molecule has 2 rings (SSSR count). The Labute approximate surface area is 112 Å². The minimum absolute atomic E-state index is 0.270. The van der Waals surface area contributed by atoms with E-state index in [1.54, 1.807) is 6.92 Å². The lowest BCUT2D eigenvalue weighted by atomic mass is 10.2. The van der Waals surface area contributed by atoms with Crippen LogP contribution in [0.4, 0.5) is 0 Å². The maximum atomic E-state index is 9.25. The van der Waals surface area contributed by atoms with E-state index in [1.165, 1.54) is 0 Å². The zero-order valence-corrected chi connectivity index (χ0v) is 11.0. The van der Waals surface area contributed by atoms with Crippen LogP contribution in [0.1, 0.15) is 23.9 Å². The number of nitrogens with zero attached hydrogens (tertiary/aromatic N) is 1.